The Morgan fingerprint density at radius 1 is 0.781 bits per heavy atom. The number of hydrogen-bond acceptors (Lipinski definition) is 2. The molecule has 166 valence electrons. The molecule has 2 N–H and O–H groups in total. The molecule has 0 saturated heterocycles. The van der Waals surface area contributed by atoms with Gasteiger partial charge in [0.1, 0.15) is 6.04 Å². The monoisotopic (exact) mass is 428 g/mol. The van der Waals surface area contributed by atoms with E-state index in [1.807, 2.05) is 73.7 Å². The molecule has 4 nitrogen and oxygen atoms in total. The van der Waals surface area contributed by atoms with Crippen LogP contribution in [0.25, 0.3) is 0 Å². The van der Waals surface area contributed by atoms with Crippen molar-refractivity contribution in [2.45, 2.75) is 44.6 Å². The Morgan fingerprint density at radius 2 is 1.31 bits per heavy atom. The summed E-state index contributed by atoms with van der Waals surface area (Å²) < 4.78 is 0. The fraction of sp³-hybridized carbons (Fsp3) is 0.286. The zero-order valence-corrected chi connectivity index (χ0v) is 18.7. The number of hydrogen-bond donors (Lipinski definition) is 2. The van der Waals surface area contributed by atoms with Crippen molar-refractivity contribution in [3.63, 3.8) is 0 Å². The van der Waals surface area contributed by atoms with Crippen LogP contribution in [-0.4, -0.2) is 24.4 Å². The van der Waals surface area contributed by atoms with E-state index in [0.29, 0.717) is 19.4 Å². The second kappa shape index (κ2) is 12.5. The molecular formula is C28H32N2O2. The van der Waals surface area contributed by atoms with Crippen LogP contribution in [0.15, 0.2) is 91.0 Å². The molecule has 0 aromatic heterocycles. The van der Waals surface area contributed by atoms with E-state index >= 15 is 0 Å². The van der Waals surface area contributed by atoms with Gasteiger partial charge in [-0.05, 0) is 29.5 Å². The lowest BCUT2D eigenvalue weighted by atomic mass is 9.88. The van der Waals surface area contributed by atoms with Gasteiger partial charge in [0.05, 0.1) is 0 Å². The van der Waals surface area contributed by atoms with Gasteiger partial charge >= 0.3 is 0 Å². The molecule has 1 atom stereocenters. The third kappa shape index (κ3) is 7.09. The zero-order chi connectivity index (χ0) is 22.6. The molecule has 4 heteroatoms. The molecule has 0 aliphatic heterocycles. The van der Waals surface area contributed by atoms with Crippen molar-refractivity contribution in [2.24, 2.45) is 0 Å². The van der Waals surface area contributed by atoms with Crippen LogP contribution in [0.1, 0.15) is 48.8 Å². The lowest BCUT2D eigenvalue weighted by Gasteiger charge is -2.21. The molecule has 0 aliphatic carbocycles. The number of carbonyl (C=O) groups excluding carboxylic acids is 2. The Bertz CT molecular complexity index is 919. The van der Waals surface area contributed by atoms with Gasteiger partial charge in [-0.3, -0.25) is 9.59 Å². The highest BCUT2D eigenvalue weighted by atomic mass is 16.2. The molecule has 0 heterocycles. The smallest absolute Gasteiger partial charge is 0.242 e. The van der Waals surface area contributed by atoms with Crippen LogP contribution in [-0.2, 0) is 16.0 Å². The Labute approximate surface area is 191 Å². The topological polar surface area (TPSA) is 58.2 Å². The molecule has 32 heavy (non-hydrogen) atoms. The summed E-state index contributed by atoms with van der Waals surface area (Å²) in [6.07, 6.45) is 2.42. The number of rotatable bonds is 11. The quantitative estimate of drug-likeness (QED) is 0.459. The van der Waals surface area contributed by atoms with Crippen molar-refractivity contribution < 1.29 is 9.59 Å². The average molecular weight is 429 g/mol. The molecule has 0 fully saturated rings. The van der Waals surface area contributed by atoms with Gasteiger partial charge in [-0.15, -0.1) is 0 Å². The number of carbonyl (C=O) groups is 2. The maximum atomic E-state index is 13.0. The van der Waals surface area contributed by atoms with Crippen molar-refractivity contribution in [1.29, 1.82) is 0 Å². The average Bonchev–Trinajstić information content (AvgIpc) is 2.83. The first-order chi connectivity index (χ1) is 15.7. The molecule has 0 spiro atoms. The van der Waals surface area contributed by atoms with Gasteiger partial charge in [-0.25, -0.2) is 0 Å². The Hall–Kier alpha value is -3.40. The molecule has 0 radical (unpaired) electrons. The van der Waals surface area contributed by atoms with Gasteiger partial charge in [0.25, 0.3) is 0 Å². The van der Waals surface area contributed by atoms with Gasteiger partial charge in [-0.2, -0.15) is 0 Å². The van der Waals surface area contributed by atoms with Crippen LogP contribution in [0.2, 0.25) is 0 Å². The third-order valence-electron chi connectivity index (χ3n) is 5.55. The minimum Gasteiger partial charge on any atom is -0.354 e. The van der Waals surface area contributed by atoms with Gasteiger partial charge in [0.2, 0.25) is 11.8 Å². The standard InChI is InChI=1S/C28H32N2O2/c1-2-12-27(31)30-26(21-22-13-6-3-7-14-22)28(32)29-20-19-25(23-15-8-4-9-16-23)24-17-10-5-11-18-24/h3-11,13-18,25-26H,2,12,19-21H2,1H3,(H,29,32)(H,30,31). The van der Waals surface area contributed by atoms with E-state index in [-0.39, 0.29) is 17.7 Å². The predicted octanol–water partition coefficient (Wildman–Crippen LogP) is 4.85. The summed E-state index contributed by atoms with van der Waals surface area (Å²) in [6.45, 7) is 2.49. The van der Waals surface area contributed by atoms with Crippen molar-refractivity contribution in [3.8, 4) is 0 Å². The molecule has 3 aromatic rings. The number of benzene rings is 3. The first-order valence-electron chi connectivity index (χ1n) is 11.4. The van der Waals surface area contributed by atoms with Gasteiger partial charge in [0.15, 0.2) is 0 Å². The van der Waals surface area contributed by atoms with E-state index in [1.54, 1.807) is 0 Å². The third-order valence-corrected chi connectivity index (χ3v) is 5.55. The predicted molar refractivity (Wildman–Crippen MR) is 129 cm³/mol. The van der Waals surface area contributed by atoms with Gasteiger partial charge in [-0.1, -0.05) is 97.9 Å². The minimum absolute atomic E-state index is 0.0879. The summed E-state index contributed by atoms with van der Waals surface area (Å²) in [4.78, 5) is 25.2. The summed E-state index contributed by atoms with van der Waals surface area (Å²) in [5.41, 5.74) is 3.48. The van der Waals surface area contributed by atoms with E-state index in [2.05, 4.69) is 34.9 Å². The molecular weight excluding hydrogens is 396 g/mol. The second-order valence-corrected chi connectivity index (χ2v) is 8.01. The lowest BCUT2D eigenvalue weighted by Crippen LogP contribution is -2.48. The van der Waals surface area contributed by atoms with Crippen LogP contribution in [0, 0.1) is 0 Å². The van der Waals surface area contributed by atoms with E-state index < -0.39 is 6.04 Å². The van der Waals surface area contributed by atoms with E-state index in [1.165, 1.54) is 11.1 Å². The largest absolute Gasteiger partial charge is 0.354 e. The lowest BCUT2D eigenvalue weighted by molar-refractivity contribution is -0.129. The summed E-state index contributed by atoms with van der Waals surface area (Å²) in [6, 6.07) is 29.9. The maximum Gasteiger partial charge on any atom is 0.242 e. The SMILES string of the molecule is CCCC(=O)NC(Cc1ccccc1)C(=O)NCCC(c1ccccc1)c1ccccc1. The second-order valence-electron chi connectivity index (χ2n) is 8.01. The highest BCUT2D eigenvalue weighted by molar-refractivity contribution is 5.87. The molecule has 0 aliphatic rings. The van der Waals surface area contributed by atoms with Crippen LogP contribution in [0.5, 0.6) is 0 Å². The Kier molecular flexibility index (Phi) is 9.05. The first kappa shape index (κ1) is 23.3. The Morgan fingerprint density at radius 3 is 1.84 bits per heavy atom. The van der Waals surface area contributed by atoms with E-state index in [4.69, 9.17) is 0 Å². The first-order valence-corrected chi connectivity index (χ1v) is 11.4. The van der Waals surface area contributed by atoms with Crippen molar-refractivity contribution >= 4 is 11.8 Å². The highest BCUT2D eigenvalue weighted by Gasteiger charge is 2.21. The van der Waals surface area contributed by atoms with Gasteiger partial charge in [0, 0.05) is 25.3 Å². The van der Waals surface area contributed by atoms with Crippen molar-refractivity contribution in [3.05, 3.63) is 108 Å². The minimum atomic E-state index is -0.580. The van der Waals surface area contributed by atoms with Crippen LogP contribution in [0.3, 0.4) is 0 Å². The molecule has 0 bridgehead atoms. The summed E-state index contributed by atoms with van der Waals surface area (Å²) in [7, 11) is 0. The van der Waals surface area contributed by atoms with Crippen molar-refractivity contribution in [2.75, 3.05) is 6.54 Å². The van der Waals surface area contributed by atoms with Crippen LogP contribution >= 0.6 is 0 Å². The highest BCUT2D eigenvalue weighted by Crippen LogP contribution is 2.27. The maximum absolute atomic E-state index is 13.0. The molecule has 1 unspecified atom stereocenters. The molecule has 0 saturated carbocycles. The van der Waals surface area contributed by atoms with E-state index in [9.17, 15) is 9.59 Å². The summed E-state index contributed by atoms with van der Waals surface area (Å²) in [5, 5.41) is 5.98. The van der Waals surface area contributed by atoms with Gasteiger partial charge < -0.3 is 10.6 Å². The Balaban J connectivity index is 1.66. The summed E-state index contributed by atoms with van der Waals surface area (Å²) >= 11 is 0. The fourth-order valence-electron chi connectivity index (χ4n) is 3.91. The number of amides is 2. The fourth-order valence-corrected chi connectivity index (χ4v) is 3.91. The molecule has 3 aromatic carbocycles. The van der Waals surface area contributed by atoms with E-state index in [0.717, 1.165) is 18.4 Å². The van der Waals surface area contributed by atoms with Crippen LogP contribution in [0.4, 0.5) is 0 Å². The molecule has 2 amide bonds. The normalized spacial score (nSPS) is 11.7. The van der Waals surface area contributed by atoms with Crippen molar-refractivity contribution in [1.82, 2.24) is 10.6 Å². The van der Waals surface area contributed by atoms with Crippen LogP contribution < -0.4 is 10.6 Å². The molecule has 3 rings (SSSR count). The number of nitrogens with one attached hydrogen (secondary N) is 2. The summed E-state index contributed by atoms with van der Waals surface area (Å²) in [5.74, 6) is -0.0341. The zero-order valence-electron chi connectivity index (χ0n) is 18.7.